The van der Waals surface area contributed by atoms with Crippen LogP contribution < -0.4 is 11.5 Å². The van der Waals surface area contributed by atoms with Crippen molar-refractivity contribution in [1.82, 2.24) is 25.3 Å². The third kappa shape index (κ3) is 1.58. The summed E-state index contributed by atoms with van der Waals surface area (Å²) < 4.78 is 5.82. The summed E-state index contributed by atoms with van der Waals surface area (Å²) in [5, 5.41) is 14.5. The number of aryl methyl sites for hydroxylation is 1. The largest absolute Gasteiger partial charge is 0.382 e. The highest BCUT2D eigenvalue weighted by molar-refractivity contribution is 5.94. The van der Waals surface area contributed by atoms with Gasteiger partial charge in [-0.3, -0.25) is 4.79 Å². The van der Waals surface area contributed by atoms with Gasteiger partial charge in [0.15, 0.2) is 11.5 Å². The number of aromatic nitrogens is 5. The van der Waals surface area contributed by atoms with Gasteiger partial charge in [0.25, 0.3) is 5.91 Å². The zero-order valence-electron chi connectivity index (χ0n) is 8.41. The van der Waals surface area contributed by atoms with Crippen LogP contribution in [-0.4, -0.2) is 31.2 Å². The molecule has 2 aromatic heterocycles. The second kappa shape index (κ2) is 3.61. The summed E-state index contributed by atoms with van der Waals surface area (Å²) in [5.74, 6) is -0.631. The molecule has 0 aromatic carbocycles. The molecule has 0 unspecified atom stereocenters. The Morgan fingerprint density at radius 3 is 2.75 bits per heavy atom. The Balaban J connectivity index is 2.29. The van der Waals surface area contributed by atoms with Gasteiger partial charge in [-0.1, -0.05) is 15.5 Å². The third-order valence-electron chi connectivity index (χ3n) is 2.05. The van der Waals surface area contributed by atoms with Crippen molar-refractivity contribution in [3.63, 3.8) is 0 Å². The molecule has 0 aliphatic carbocycles. The maximum absolute atomic E-state index is 10.9. The first kappa shape index (κ1) is 10.1. The van der Waals surface area contributed by atoms with E-state index in [9.17, 15) is 4.79 Å². The van der Waals surface area contributed by atoms with Crippen LogP contribution in [0.15, 0.2) is 4.63 Å². The molecule has 0 fully saturated rings. The molecule has 0 saturated carbocycles. The lowest BCUT2D eigenvalue weighted by Gasteiger charge is -1.99. The first-order chi connectivity index (χ1) is 7.59. The van der Waals surface area contributed by atoms with Gasteiger partial charge in [0.2, 0.25) is 0 Å². The normalized spacial score (nSPS) is 10.6. The summed E-state index contributed by atoms with van der Waals surface area (Å²) in [4.78, 5) is 10.9. The van der Waals surface area contributed by atoms with Crippen molar-refractivity contribution in [2.45, 2.75) is 13.5 Å². The van der Waals surface area contributed by atoms with E-state index in [1.54, 1.807) is 6.92 Å². The molecule has 0 spiro atoms. The minimum absolute atomic E-state index is 0.0610. The summed E-state index contributed by atoms with van der Waals surface area (Å²) in [6.45, 7) is 1.95. The highest BCUT2D eigenvalue weighted by atomic mass is 16.6. The van der Waals surface area contributed by atoms with Crippen LogP contribution >= 0.6 is 0 Å². The van der Waals surface area contributed by atoms with Gasteiger partial charge >= 0.3 is 0 Å². The smallest absolute Gasteiger partial charge is 0.273 e. The fraction of sp³-hybridized carbons (Fsp3) is 0.286. The number of nitrogens with two attached hydrogens (primary N) is 2. The average molecular weight is 223 g/mol. The van der Waals surface area contributed by atoms with E-state index in [0.29, 0.717) is 11.4 Å². The predicted octanol–water partition coefficient (Wildman–Crippen LogP) is -1.30. The van der Waals surface area contributed by atoms with E-state index in [2.05, 4.69) is 25.3 Å². The standard InChI is InChI=1S/C7H9N7O2/c1-3-4(12-16-11-3)2-14-6(8)5(7(9)15)10-13-14/h2,8H2,1H3,(H2,9,15). The number of hydrogen-bond donors (Lipinski definition) is 2. The molecule has 0 aliphatic rings. The quantitative estimate of drug-likeness (QED) is 0.659. The van der Waals surface area contributed by atoms with Crippen molar-refractivity contribution in [1.29, 1.82) is 0 Å². The lowest BCUT2D eigenvalue weighted by molar-refractivity contribution is 0.0996. The van der Waals surface area contributed by atoms with Gasteiger partial charge in [0.1, 0.15) is 11.4 Å². The Hall–Kier alpha value is -2.45. The minimum Gasteiger partial charge on any atom is -0.382 e. The number of anilines is 1. The summed E-state index contributed by atoms with van der Waals surface area (Å²) in [7, 11) is 0. The van der Waals surface area contributed by atoms with Gasteiger partial charge in [-0.15, -0.1) is 5.10 Å². The molecule has 2 rings (SSSR count). The van der Waals surface area contributed by atoms with E-state index in [0.717, 1.165) is 0 Å². The van der Waals surface area contributed by atoms with Crippen molar-refractivity contribution < 1.29 is 9.42 Å². The molecule has 9 nitrogen and oxygen atoms in total. The van der Waals surface area contributed by atoms with Crippen LogP contribution in [0, 0.1) is 6.92 Å². The van der Waals surface area contributed by atoms with Gasteiger partial charge in [-0.05, 0) is 6.92 Å². The Morgan fingerprint density at radius 2 is 2.25 bits per heavy atom. The van der Waals surface area contributed by atoms with Gasteiger partial charge in [0, 0.05) is 0 Å². The van der Waals surface area contributed by atoms with Crippen LogP contribution in [0.2, 0.25) is 0 Å². The number of amides is 1. The fourth-order valence-corrected chi connectivity index (χ4v) is 1.15. The van der Waals surface area contributed by atoms with Crippen molar-refractivity contribution in [3.05, 3.63) is 17.1 Å². The van der Waals surface area contributed by atoms with Crippen LogP contribution in [0.1, 0.15) is 21.9 Å². The molecule has 16 heavy (non-hydrogen) atoms. The maximum Gasteiger partial charge on any atom is 0.273 e. The zero-order chi connectivity index (χ0) is 11.7. The van der Waals surface area contributed by atoms with E-state index >= 15 is 0 Å². The van der Waals surface area contributed by atoms with E-state index in [4.69, 9.17) is 11.5 Å². The van der Waals surface area contributed by atoms with Crippen molar-refractivity contribution >= 4 is 11.7 Å². The van der Waals surface area contributed by atoms with Crippen LogP contribution in [0.5, 0.6) is 0 Å². The summed E-state index contributed by atoms with van der Waals surface area (Å²) >= 11 is 0. The lowest BCUT2D eigenvalue weighted by atomic mass is 10.3. The molecule has 0 saturated heterocycles. The maximum atomic E-state index is 10.9. The van der Waals surface area contributed by atoms with E-state index in [1.807, 2.05) is 0 Å². The molecule has 2 heterocycles. The Bertz CT molecular complexity index is 529. The number of carbonyl (C=O) groups is 1. The van der Waals surface area contributed by atoms with E-state index in [-0.39, 0.29) is 18.1 Å². The molecule has 0 aliphatic heterocycles. The van der Waals surface area contributed by atoms with Crippen molar-refractivity contribution in [3.8, 4) is 0 Å². The molecular weight excluding hydrogens is 214 g/mol. The van der Waals surface area contributed by atoms with Crippen LogP contribution in [0.3, 0.4) is 0 Å². The number of rotatable bonds is 3. The van der Waals surface area contributed by atoms with Gasteiger partial charge < -0.3 is 11.5 Å². The lowest BCUT2D eigenvalue weighted by Crippen LogP contribution is -2.15. The average Bonchev–Trinajstić information content (AvgIpc) is 2.76. The fourth-order valence-electron chi connectivity index (χ4n) is 1.15. The number of primary amides is 1. The molecule has 2 aromatic rings. The molecule has 9 heteroatoms. The van der Waals surface area contributed by atoms with Crippen molar-refractivity contribution in [2.24, 2.45) is 5.73 Å². The van der Waals surface area contributed by atoms with Gasteiger partial charge in [-0.2, -0.15) is 0 Å². The number of nitrogens with zero attached hydrogens (tertiary/aromatic N) is 5. The first-order valence-electron chi connectivity index (χ1n) is 4.36. The topological polar surface area (TPSA) is 139 Å². The molecule has 4 N–H and O–H groups in total. The monoisotopic (exact) mass is 223 g/mol. The second-order valence-corrected chi connectivity index (χ2v) is 3.14. The molecule has 0 radical (unpaired) electrons. The Morgan fingerprint density at radius 1 is 1.50 bits per heavy atom. The third-order valence-corrected chi connectivity index (χ3v) is 2.05. The molecule has 0 atom stereocenters. The summed E-state index contributed by atoms with van der Waals surface area (Å²) in [5.41, 5.74) is 11.8. The number of carbonyl (C=O) groups excluding carboxylic acids is 1. The van der Waals surface area contributed by atoms with E-state index < -0.39 is 5.91 Å². The van der Waals surface area contributed by atoms with Gasteiger partial charge in [0.05, 0.1) is 6.54 Å². The SMILES string of the molecule is Cc1nonc1Cn1nnc(C(N)=O)c1N. The highest BCUT2D eigenvalue weighted by Gasteiger charge is 2.16. The number of nitrogen functional groups attached to an aromatic ring is 1. The second-order valence-electron chi connectivity index (χ2n) is 3.14. The van der Waals surface area contributed by atoms with Crippen molar-refractivity contribution in [2.75, 3.05) is 5.73 Å². The van der Waals surface area contributed by atoms with Crippen LogP contribution in [0.25, 0.3) is 0 Å². The summed E-state index contributed by atoms with van der Waals surface area (Å²) in [6, 6.07) is 0. The highest BCUT2D eigenvalue weighted by Crippen LogP contribution is 2.10. The minimum atomic E-state index is -0.723. The number of hydrogen-bond acceptors (Lipinski definition) is 7. The molecule has 84 valence electrons. The van der Waals surface area contributed by atoms with Gasteiger partial charge in [-0.25, -0.2) is 9.31 Å². The first-order valence-corrected chi connectivity index (χ1v) is 4.36. The van der Waals surface area contributed by atoms with E-state index in [1.165, 1.54) is 4.68 Å². The molecular formula is C7H9N7O2. The Kier molecular flexibility index (Phi) is 2.27. The summed E-state index contributed by atoms with van der Waals surface area (Å²) in [6.07, 6.45) is 0. The molecule has 1 amide bonds. The van der Waals surface area contributed by atoms with Crippen LogP contribution in [-0.2, 0) is 6.54 Å². The molecule has 0 bridgehead atoms. The zero-order valence-corrected chi connectivity index (χ0v) is 8.41. The Labute approximate surface area is 89.4 Å². The predicted molar refractivity (Wildman–Crippen MR) is 51.1 cm³/mol. The van der Waals surface area contributed by atoms with Crippen LogP contribution in [0.4, 0.5) is 5.82 Å².